The van der Waals surface area contributed by atoms with Crippen molar-refractivity contribution < 1.29 is 0 Å². The monoisotopic (exact) mass is 258 g/mol. The first-order valence-corrected chi connectivity index (χ1v) is 6.09. The predicted octanol–water partition coefficient (Wildman–Crippen LogP) is 2.39. The van der Waals surface area contributed by atoms with Crippen molar-refractivity contribution in [1.82, 2.24) is 9.97 Å². The van der Waals surface area contributed by atoms with Gasteiger partial charge in [-0.1, -0.05) is 20.8 Å². The van der Waals surface area contributed by atoms with Crippen LogP contribution in [0.2, 0.25) is 0 Å². The third-order valence-corrected chi connectivity index (χ3v) is 2.68. The number of hydrogen-bond acceptors (Lipinski definition) is 4. The summed E-state index contributed by atoms with van der Waals surface area (Å²) in [6.45, 7) is 6.05. The largest absolute Gasteiger partial charge is 0.399 e. The molecule has 0 saturated heterocycles. The maximum atomic E-state index is 11.6. The number of nitrogen functional groups attached to an aromatic ring is 1. The van der Waals surface area contributed by atoms with Crippen LogP contribution < -0.4 is 16.6 Å². The van der Waals surface area contributed by atoms with E-state index in [0.29, 0.717) is 11.6 Å². The first-order chi connectivity index (χ1) is 8.84. The van der Waals surface area contributed by atoms with E-state index in [1.54, 1.807) is 12.1 Å². The van der Waals surface area contributed by atoms with Gasteiger partial charge < -0.3 is 11.1 Å². The molecule has 0 atom stereocenters. The van der Waals surface area contributed by atoms with Gasteiger partial charge >= 0.3 is 0 Å². The molecule has 5 heteroatoms. The Morgan fingerprint density at radius 3 is 2.42 bits per heavy atom. The fourth-order valence-electron chi connectivity index (χ4n) is 1.60. The van der Waals surface area contributed by atoms with Gasteiger partial charge in [0.05, 0.1) is 5.69 Å². The average molecular weight is 258 g/mol. The van der Waals surface area contributed by atoms with Crippen molar-refractivity contribution in [2.75, 3.05) is 11.1 Å². The van der Waals surface area contributed by atoms with Gasteiger partial charge in [0, 0.05) is 22.9 Å². The maximum absolute atomic E-state index is 11.6. The highest BCUT2D eigenvalue weighted by molar-refractivity contribution is 5.57. The summed E-state index contributed by atoms with van der Waals surface area (Å²) in [4.78, 5) is 18.7. The summed E-state index contributed by atoms with van der Waals surface area (Å²) in [6, 6.07) is 8.76. The number of H-pyrrole nitrogens is 1. The van der Waals surface area contributed by atoms with Crippen LogP contribution in [0.1, 0.15) is 26.5 Å². The number of nitrogens with zero attached hydrogens (tertiary/aromatic N) is 1. The molecule has 19 heavy (non-hydrogen) atoms. The highest BCUT2D eigenvalue weighted by Gasteiger charge is 2.17. The number of benzene rings is 1. The molecule has 2 aromatic rings. The number of rotatable bonds is 2. The van der Waals surface area contributed by atoms with Crippen molar-refractivity contribution >= 4 is 17.3 Å². The molecule has 1 heterocycles. The van der Waals surface area contributed by atoms with Gasteiger partial charge in [0.1, 0.15) is 0 Å². The van der Waals surface area contributed by atoms with Gasteiger partial charge in [0.2, 0.25) is 5.95 Å². The minimum Gasteiger partial charge on any atom is -0.399 e. The van der Waals surface area contributed by atoms with Crippen LogP contribution in [0, 0.1) is 0 Å². The summed E-state index contributed by atoms with van der Waals surface area (Å²) in [6.07, 6.45) is 0. The molecule has 0 aliphatic carbocycles. The smallest absolute Gasteiger partial charge is 0.252 e. The minimum atomic E-state index is -0.175. The highest BCUT2D eigenvalue weighted by Crippen LogP contribution is 2.20. The molecule has 0 saturated carbocycles. The van der Waals surface area contributed by atoms with Crippen molar-refractivity contribution in [3.63, 3.8) is 0 Å². The van der Waals surface area contributed by atoms with E-state index in [-0.39, 0.29) is 11.0 Å². The molecule has 0 unspecified atom stereocenters. The molecule has 100 valence electrons. The Morgan fingerprint density at radius 1 is 1.21 bits per heavy atom. The van der Waals surface area contributed by atoms with Crippen molar-refractivity contribution in [3.8, 4) is 0 Å². The highest BCUT2D eigenvalue weighted by atomic mass is 16.1. The first-order valence-electron chi connectivity index (χ1n) is 6.09. The fraction of sp³-hybridized carbons (Fsp3) is 0.286. The third kappa shape index (κ3) is 3.34. The van der Waals surface area contributed by atoms with E-state index >= 15 is 0 Å². The predicted molar refractivity (Wildman–Crippen MR) is 77.7 cm³/mol. The minimum absolute atomic E-state index is 0.169. The van der Waals surface area contributed by atoms with Gasteiger partial charge in [-0.2, -0.15) is 0 Å². The molecular weight excluding hydrogens is 240 g/mol. The Balaban J connectivity index is 2.33. The van der Waals surface area contributed by atoms with Gasteiger partial charge in [0.25, 0.3) is 5.56 Å². The van der Waals surface area contributed by atoms with Crippen LogP contribution >= 0.6 is 0 Å². The second-order valence-corrected chi connectivity index (χ2v) is 5.48. The molecule has 0 bridgehead atoms. The molecule has 0 fully saturated rings. The van der Waals surface area contributed by atoms with Crippen molar-refractivity contribution in [2.45, 2.75) is 26.2 Å². The lowest BCUT2D eigenvalue weighted by molar-refractivity contribution is 0.567. The summed E-state index contributed by atoms with van der Waals surface area (Å²) in [7, 11) is 0. The van der Waals surface area contributed by atoms with Gasteiger partial charge in [-0.05, 0) is 24.3 Å². The molecular formula is C14H18N4O. The van der Waals surface area contributed by atoms with E-state index in [4.69, 9.17) is 5.73 Å². The summed E-state index contributed by atoms with van der Waals surface area (Å²) in [5.41, 5.74) is 7.54. The Kier molecular flexibility index (Phi) is 3.29. The van der Waals surface area contributed by atoms with E-state index in [0.717, 1.165) is 11.4 Å². The Bertz CT molecular complexity index is 623. The lowest BCUT2D eigenvalue weighted by Crippen LogP contribution is -2.20. The van der Waals surface area contributed by atoms with Crippen LogP contribution in [0.3, 0.4) is 0 Å². The summed E-state index contributed by atoms with van der Waals surface area (Å²) >= 11 is 0. The van der Waals surface area contributed by atoms with E-state index in [1.165, 1.54) is 6.07 Å². The van der Waals surface area contributed by atoms with Crippen LogP contribution in [-0.2, 0) is 5.41 Å². The SMILES string of the molecule is CC(C)(C)c1cc(=O)[nH]c(Nc2ccc(N)cc2)n1. The third-order valence-electron chi connectivity index (χ3n) is 2.68. The zero-order valence-electron chi connectivity index (χ0n) is 11.3. The van der Waals surface area contributed by atoms with Gasteiger partial charge in [-0.3, -0.25) is 9.78 Å². The zero-order chi connectivity index (χ0) is 14.0. The standard InChI is InChI=1S/C14H18N4O/c1-14(2,3)11-8-12(19)18-13(17-11)16-10-6-4-9(15)5-7-10/h4-8H,15H2,1-3H3,(H2,16,17,18,19). The summed E-state index contributed by atoms with van der Waals surface area (Å²) < 4.78 is 0. The number of nitrogens with two attached hydrogens (primary N) is 1. The molecule has 0 amide bonds. The summed E-state index contributed by atoms with van der Waals surface area (Å²) in [5.74, 6) is 0.433. The number of nitrogens with one attached hydrogen (secondary N) is 2. The van der Waals surface area contributed by atoms with Crippen molar-refractivity contribution in [1.29, 1.82) is 0 Å². The fourth-order valence-corrected chi connectivity index (χ4v) is 1.60. The molecule has 0 aliphatic rings. The van der Waals surface area contributed by atoms with Crippen LogP contribution in [0.15, 0.2) is 35.1 Å². The van der Waals surface area contributed by atoms with Gasteiger partial charge in [-0.25, -0.2) is 4.98 Å². The lowest BCUT2D eigenvalue weighted by Gasteiger charge is -2.18. The van der Waals surface area contributed by atoms with E-state index in [9.17, 15) is 4.79 Å². The molecule has 5 nitrogen and oxygen atoms in total. The number of aromatic amines is 1. The van der Waals surface area contributed by atoms with Crippen LogP contribution in [0.4, 0.5) is 17.3 Å². The molecule has 0 aliphatic heterocycles. The van der Waals surface area contributed by atoms with Crippen LogP contribution in [0.25, 0.3) is 0 Å². The molecule has 0 radical (unpaired) electrons. The Morgan fingerprint density at radius 2 is 1.84 bits per heavy atom. The molecule has 2 rings (SSSR count). The second-order valence-electron chi connectivity index (χ2n) is 5.48. The Labute approximate surface area is 111 Å². The lowest BCUT2D eigenvalue weighted by atomic mass is 9.92. The molecule has 1 aromatic heterocycles. The number of aromatic nitrogens is 2. The van der Waals surface area contributed by atoms with Crippen LogP contribution in [-0.4, -0.2) is 9.97 Å². The number of anilines is 3. The van der Waals surface area contributed by atoms with E-state index in [2.05, 4.69) is 15.3 Å². The Hall–Kier alpha value is -2.30. The first kappa shape index (κ1) is 13.1. The zero-order valence-corrected chi connectivity index (χ0v) is 11.3. The molecule has 4 N–H and O–H groups in total. The van der Waals surface area contributed by atoms with Crippen LogP contribution in [0.5, 0.6) is 0 Å². The van der Waals surface area contributed by atoms with Gasteiger partial charge in [-0.15, -0.1) is 0 Å². The molecule has 0 spiro atoms. The summed E-state index contributed by atoms with van der Waals surface area (Å²) in [5, 5.41) is 3.06. The van der Waals surface area contributed by atoms with Crippen molar-refractivity contribution in [3.05, 3.63) is 46.4 Å². The second kappa shape index (κ2) is 4.76. The maximum Gasteiger partial charge on any atom is 0.252 e. The number of hydrogen-bond donors (Lipinski definition) is 3. The van der Waals surface area contributed by atoms with E-state index < -0.39 is 0 Å². The normalized spacial score (nSPS) is 11.3. The van der Waals surface area contributed by atoms with E-state index in [1.807, 2.05) is 32.9 Å². The quantitative estimate of drug-likeness (QED) is 0.722. The topological polar surface area (TPSA) is 83.8 Å². The van der Waals surface area contributed by atoms with Crippen molar-refractivity contribution in [2.24, 2.45) is 0 Å². The van der Waals surface area contributed by atoms with Gasteiger partial charge in [0.15, 0.2) is 0 Å². The average Bonchev–Trinajstić information content (AvgIpc) is 2.30. The molecule has 1 aromatic carbocycles.